The standard InChI is InChI=1S/C11H23NO2/c1-13-8-9-14-7-3-6-11(10-12)4-2-5-11/h2-10,12H2,1H3. The maximum atomic E-state index is 5.77. The minimum atomic E-state index is 0.477. The Morgan fingerprint density at radius 2 is 2.00 bits per heavy atom. The van der Waals surface area contributed by atoms with Gasteiger partial charge < -0.3 is 15.2 Å². The number of ether oxygens (including phenoxy) is 2. The predicted molar refractivity (Wildman–Crippen MR) is 57.3 cm³/mol. The van der Waals surface area contributed by atoms with E-state index in [1.165, 1.54) is 25.7 Å². The molecule has 1 fully saturated rings. The molecule has 0 heterocycles. The average molecular weight is 201 g/mol. The molecule has 2 N–H and O–H groups in total. The number of rotatable bonds is 8. The Morgan fingerprint density at radius 3 is 2.50 bits per heavy atom. The maximum Gasteiger partial charge on any atom is 0.0700 e. The Morgan fingerprint density at radius 1 is 1.21 bits per heavy atom. The van der Waals surface area contributed by atoms with Crippen LogP contribution >= 0.6 is 0 Å². The SMILES string of the molecule is COCCOCCCC1(CN)CCC1. The Bertz CT molecular complexity index is 141. The van der Waals surface area contributed by atoms with E-state index in [2.05, 4.69) is 0 Å². The first-order valence-corrected chi connectivity index (χ1v) is 5.60. The van der Waals surface area contributed by atoms with E-state index < -0.39 is 0 Å². The van der Waals surface area contributed by atoms with Crippen LogP contribution in [0.25, 0.3) is 0 Å². The van der Waals surface area contributed by atoms with Crippen molar-refractivity contribution in [1.29, 1.82) is 0 Å². The van der Waals surface area contributed by atoms with Crippen LogP contribution in [0.15, 0.2) is 0 Å². The summed E-state index contributed by atoms with van der Waals surface area (Å²) >= 11 is 0. The first kappa shape index (κ1) is 12.0. The quantitative estimate of drug-likeness (QED) is 0.606. The molecule has 0 bridgehead atoms. The van der Waals surface area contributed by atoms with Crippen LogP contribution in [-0.2, 0) is 9.47 Å². The summed E-state index contributed by atoms with van der Waals surface area (Å²) < 4.78 is 10.3. The third-order valence-corrected chi connectivity index (χ3v) is 3.27. The molecule has 1 rings (SSSR count). The van der Waals surface area contributed by atoms with Crippen molar-refractivity contribution in [1.82, 2.24) is 0 Å². The van der Waals surface area contributed by atoms with E-state index in [0.29, 0.717) is 18.6 Å². The number of hydrogen-bond acceptors (Lipinski definition) is 3. The lowest BCUT2D eigenvalue weighted by atomic mass is 9.66. The van der Waals surface area contributed by atoms with Crippen LogP contribution in [-0.4, -0.2) is 33.5 Å². The van der Waals surface area contributed by atoms with Crippen molar-refractivity contribution in [3.05, 3.63) is 0 Å². The zero-order valence-electron chi connectivity index (χ0n) is 9.26. The molecular formula is C11H23NO2. The number of hydrogen-bond donors (Lipinski definition) is 1. The van der Waals surface area contributed by atoms with Crippen molar-refractivity contribution in [3.63, 3.8) is 0 Å². The average Bonchev–Trinajstić information content (AvgIpc) is 2.15. The molecule has 3 heteroatoms. The summed E-state index contributed by atoms with van der Waals surface area (Å²) in [7, 11) is 1.70. The zero-order valence-corrected chi connectivity index (χ0v) is 9.26. The lowest BCUT2D eigenvalue weighted by molar-refractivity contribution is 0.0542. The predicted octanol–water partition coefficient (Wildman–Crippen LogP) is 1.56. The minimum Gasteiger partial charge on any atom is -0.382 e. The highest BCUT2D eigenvalue weighted by Crippen LogP contribution is 2.43. The van der Waals surface area contributed by atoms with Crippen LogP contribution in [0.1, 0.15) is 32.1 Å². The summed E-state index contributed by atoms with van der Waals surface area (Å²) in [6.45, 7) is 3.12. The van der Waals surface area contributed by atoms with Crippen LogP contribution in [0.3, 0.4) is 0 Å². The van der Waals surface area contributed by atoms with Crippen molar-refractivity contribution in [2.75, 3.05) is 33.5 Å². The maximum absolute atomic E-state index is 5.77. The second-order valence-corrected chi connectivity index (χ2v) is 4.27. The Kier molecular flexibility index (Phi) is 5.45. The van der Waals surface area contributed by atoms with Crippen molar-refractivity contribution in [3.8, 4) is 0 Å². The normalized spacial score (nSPS) is 19.3. The summed E-state index contributed by atoms with van der Waals surface area (Å²) in [5.41, 5.74) is 6.25. The van der Waals surface area contributed by atoms with E-state index in [-0.39, 0.29) is 0 Å². The molecule has 0 unspecified atom stereocenters. The molecule has 1 aliphatic rings. The summed E-state index contributed by atoms with van der Waals surface area (Å²) in [5.74, 6) is 0. The molecule has 0 atom stereocenters. The van der Waals surface area contributed by atoms with E-state index in [9.17, 15) is 0 Å². The molecule has 3 nitrogen and oxygen atoms in total. The molecule has 0 amide bonds. The van der Waals surface area contributed by atoms with Gasteiger partial charge in [0.25, 0.3) is 0 Å². The molecule has 84 valence electrons. The first-order valence-electron chi connectivity index (χ1n) is 5.60. The lowest BCUT2D eigenvalue weighted by Crippen LogP contribution is -2.37. The topological polar surface area (TPSA) is 44.5 Å². The fourth-order valence-corrected chi connectivity index (χ4v) is 2.03. The third kappa shape index (κ3) is 3.56. The summed E-state index contributed by atoms with van der Waals surface area (Å²) in [4.78, 5) is 0. The van der Waals surface area contributed by atoms with Gasteiger partial charge in [-0.25, -0.2) is 0 Å². The van der Waals surface area contributed by atoms with Gasteiger partial charge in [-0.2, -0.15) is 0 Å². The van der Waals surface area contributed by atoms with Crippen LogP contribution < -0.4 is 5.73 Å². The van der Waals surface area contributed by atoms with E-state index >= 15 is 0 Å². The van der Waals surface area contributed by atoms with Crippen LogP contribution in [0.4, 0.5) is 0 Å². The molecule has 0 aliphatic heterocycles. The zero-order chi connectivity index (χ0) is 10.3. The largest absolute Gasteiger partial charge is 0.382 e. The van der Waals surface area contributed by atoms with E-state index in [0.717, 1.165) is 19.6 Å². The van der Waals surface area contributed by atoms with Gasteiger partial charge in [0.1, 0.15) is 0 Å². The monoisotopic (exact) mass is 201 g/mol. The molecule has 0 radical (unpaired) electrons. The van der Waals surface area contributed by atoms with Crippen LogP contribution in [0.5, 0.6) is 0 Å². The third-order valence-electron chi connectivity index (χ3n) is 3.27. The van der Waals surface area contributed by atoms with Gasteiger partial charge in [0.15, 0.2) is 0 Å². The summed E-state index contributed by atoms with van der Waals surface area (Å²) in [5, 5.41) is 0. The summed E-state index contributed by atoms with van der Waals surface area (Å²) in [6.07, 6.45) is 6.38. The molecule has 0 aromatic heterocycles. The first-order chi connectivity index (χ1) is 6.83. The van der Waals surface area contributed by atoms with Gasteiger partial charge >= 0.3 is 0 Å². The summed E-state index contributed by atoms with van der Waals surface area (Å²) in [6, 6.07) is 0. The fourth-order valence-electron chi connectivity index (χ4n) is 2.03. The van der Waals surface area contributed by atoms with Crippen LogP contribution in [0.2, 0.25) is 0 Å². The van der Waals surface area contributed by atoms with Gasteiger partial charge in [0.05, 0.1) is 13.2 Å². The van der Waals surface area contributed by atoms with Gasteiger partial charge in [-0.1, -0.05) is 6.42 Å². The van der Waals surface area contributed by atoms with Gasteiger partial charge in [0.2, 0.25) is 0 Å². The van der Waals surface area contributed by atoms with E-state index in [1.807, 2.05) is 0 Å². The molecule has 1 saturated carbocycles. The minimum absolute atomic E-state index is 0.477. The fraction of sp³-hybridized carbons (Fsp3) is 1.00. The highest BCUT2D eigenvalue weighted by Gasteiger charge is 2.34. The smallest absolute Gasteiger partial charge is 0.0700 e. The molecule has 0 aromatic carbocycles. The molecule has 14 heavy (non-hydrogen) atoms. The van der Waals surface area contributed by atoms with Crippen molar-refractivity contribution in [2.45, 2.75) is 32.1 Å². The lowest BCUT2D eigenvalue weighted by Gasteiger charge is -2.41. The molecule has 0 aromatic rings. The van der Waals surface area contributed by atoms with Gasteiger partial charge in [-0.3, -0.25) is 0 Å². The molecule has 0 spiro atoms. The number of nitrogens with two attached hydrogens (primary N) is 1. The van der Waals surface area contributed by atoms with Gasteiger partial charge in [-0.15, -0.1) is 0 Å². The molecule has 0 saturated heterocycles. The second kappa shape index (κ2) is 6.38. The Labute approximate surface area is 86.9 Å². The number of methoxy groups -OCH3 is 1. The van der Waals surface area contributed by atoms with Gasteiger partial charge in [0, 0.05) is 13.7 Å². The molecular weight excluding hydrogens is 178 g/mol. The molecule has 1 aliphatic carbocycles. The Balaban J connectivity index is 1.92. The Hall–Kier alpha value is -0.120. The second-order valence-electron chi connectivity index (χ2n) is 4.27. The van der Waals surface area contributed by atoms with Crippen molar-refractivity contribution >= 4 is 0 Å². The van der Waals surface area contributed by atoms with E-state index in [1.54, 1.807) is 7.11 Å². The highest BCUT2D eigenvalue weighted by molar-refractivity contribution is 4.88. The highest BCUT2D eigenvalue weighted by atomic mass is 16.5. The van der Waals surface area contributed by atoms with Crippen molar-refractivity contribution in [2.24, 2.45) is 11.1 Å². The van der Waals surface area contributed by atoms with Gasteiger partial charge in [-0.05, 0) is 37.6 Å². The van der Waals surface area contributed by atoms with Crippen molar-refractivity contribution < 1.29 is 9.47 Å². The van der Waals surface area contributed by atoms with E-state index in [4.69, 9.17) is 15.2 Å². The van der Waals surface area contributed by atoms with Crippen LogP contribution in [0, 0.1) is 5.41 Å².